The Kier molecular flexibility index (Phi) is 4.82. The van der Waals surface area contributed by atoms with Gasteiger partial charge < -0.3 is 10.2 Å². The van der Waals surface area contributed by atoms with E-state index in [4.69, 9.17) is 0 Å². The number of amides is 2. The molecule has 1 fully saturated rings. The summed E-state index contributed by atoms with van der Waals surface area (Å²) in [4.78, 5) is 13.8. The van der Waals surface area contributed by atoms with E-state index in [9.17, 15) is 13.2 Å². The fourth-order valence-corrected chi connectivity index (χ4v) is 4.49. The molecule has 1 N–H and O–H groups in total. The SMILES string of the molecule is C=CCN(Cc1ccsc1)C(=O)NC1CCS(=O)(=O)C1. The lowest BCUT2D eigenvalue weighted by Gasteiger charge is -2.23. The van der Waals surface area contributed by atoms with Crippen molar-refractivity contribution in [1.82, 2.24) is 10.2 Å². The number of thiophene rings is 1. The molecule has 5 nitrogen and oxygen atoms in total. The quantitative estimate of drug-likeness (QED) is 0.840. The molecule has 1 aromatic heterocycles. The maximum atomic E-state index is 12.2. The third-order valence-electron chi connectivity index (χ3n) is 3.15. The number of carbonyl (C=O) groups excluding carboxylic acids is 1. The monoisotopic (exact) mass is 314 g/mol. The Labute approximate surface area is 123 Å². The highest BCUT2D eigenvalue weighted by atomic mass is 32.2. The van der Waals surface area contributed by atoms with Crippen molar-refractivity contribution < 1.29 is 13.2 Å². The Morgan fingerprint density at radius 1 is 1.60 bits per heavy atom. The predicted molar refractivity (Wildman–Crippen MR) is 80.5 cm³/mol. The molecule has 1 atom stereocenters. The van der Waals surface area contributed by atoms with Crippen LogP contribution in [0.4, 0.5) is 4.79 Å². The molecule has 0 radical (unpaired) electrons. The first-order valence-corrected chi connectivity index (χ1v) is 9.14. The first kappa shape index (κ1) is 15.1. The van der Waals surface area contributed by atoms with Crippen LogP contribution in [0.25, 0.3) is 0 Å². The van der Waals surface area contributed by atoms with Crippen LogP contribution in [0.2, 0.25) is 0 Å². The highest BCUT2D eigenvalue weighted by molar-refractivity contribution is 7.91. The molecule has 1 unspecified atom stereocenters. The van der Waals surface area contributed by atoms with Gasteiger partial charge in [-0.2, -0.15) is 11.3 Å². The van der Waals surface area contributed by atoms with E-state index in [0.717, 1.165) is 5.56 Å². The molecule has 2 heterocycles. The maximum Gasteiger partial charge on any atom is 0.318 e. The smallest absolute Gasteiger partial charge is 0.318 e. The molecule has 0 aromatic carbocycles. The normalized spacial score (nSPS) is 20.5. The van der Waals surface area contributed by atoms with Gasteiger partial charge in [0.2, 0.25) is 0 Å². The Hall–Kier alpha value is -1.34. The average molecular weight is 314 g/mol. The molecule has 0 bridgehead atoms. The first-order chi connectivity index (χ1) is 9.50. The summed E-state index contributed by atoms with van der Waals surface area (Å²) in [5, 5.41) is 6.75. The van der Waals surface area contributed by atoms with E-state index in [0.29, 0.717) is 19.5 Å². The second-order valence-corrected chi connectivity index (χ2v) is 7.86. The summed E-state index contributed by atoms with van der Waals surface area (Å²) in [5.41, 5.74) is 1.06. The fraction of sp³-hybridized carbons (Fsp3) is 0.462. The average Bonchev–Trinajstić information content (AvgIpc) is 2.98. The first-order valence-electron chi connectivity index (χ1n) is 6.38. The highest BCUT2D eigenvalue weighted by Crippen LogP contribution is 2.13. The van der Waals surface area contributed by atoms with E-state index in [1.54, 1.807) is 22.3 Å². The van der Waals surface area contributed by atoms with Gasteiger partial charge in [-0.05, 0) is 28.8 Å². The number of nitrogens with one attached hydrogen (secondary N) is 1. The van der Waals surface area contributed by atoms with Crippen molar-refractivity contribution in [3.63, 3.8) is 0 Å². The van der Waals surface area contributed by atoms with Gasteiger partial charge in [-0.1, -0.05) is 6.08 Å². The number of hydrogen-bond acceptors (Lipinski definition) is 4. The zero-order valence-corrected chi connectivity index (χ0v) is 12.8. The molecule has 1 aromatic rings. The summed E-state index contributed by atoms with van der Waals surface area (Å²) < 4.78 is 22.8. The van der Waals surface area contributed by atoms with E-state index in [1.165, 1.54) is 0 Å². The van der Waals surface area contributed by atoms with E-state index >= 15 is 0 Å². The molecule has 2 amide bonds. The molecule has 0 aliphatic carbocycles. The van der Waals surface area contributed by atoms with Gasteiger partial charge in [-0.25, -0.2) is 13.2 Å². The van der Waals surface area contributed by atoms with Gasteiger partial charge in [-0.15, -0.1) is 6.58 Å². The molecule has 2 rings (SSSR count). The van der Waals surface area contributed by atoms with E-state index < -0.39 is 9.84 Å². The van der Waals surface area contributed by atoms with Gasteiger partial charge >= 0.3 is 6.03 Å². The largest absolute Gasteiger partial charge is 0.334 e. The van der Waals surface area contributed by atoms with Crippen LogP contribution >= 0.6 is 11.3 Å². The summed E-state index contributed by atoms with van der Waals surface area (Å²) in [5.74, 6) is 0.197. The number of nitrogens with zero attached hydrogens (tertiary/aromatic N) is 1. The summed E-state index contributed by atoms with van der Waals surface area (Å²) >= 11 is 1.58. The van der Waals surface area contributed by atoms with E-state index in [1.807, 2.05) is 16.8 Å². The molecule has 110 valence electrons. The van der Waals surface area contributed by atoms with Crippen LogP contribution in [0.15, 0.2) is 29.5 Å². The standard InChI is InChI=1S/C13H18N2O3S2/c1-2-5-15(8-11-3-6-19-9-11)13(16)14-12-4-7-20(17,18)10-12/h2-3,6,9,12H,1,4-5,7-8,10H2,(H,14,16). The summed E-state index contributed by atoms with van der Waals surface area (Å²) in [6.07, 6.45) is 2.16. The van der Waals surface area contributed by atoms with E-state index in [-0.39, 0.29) is 23.6 Å². The Morgan fingerprint density at radius 2 is 2.40 bits per heavy atom. The Balaban J connectivity index is 1.95. The minimum absolute atomic E-state index is 0.0408. The molecule has 1 saturated heterocycles. The molecule has 0 saturated carbocycles. The van der Waals surface area contributed by atoms with Gasteiger partial charge in [0.15, 0.2) is 9.84 Å². The van der Waals surface area contributed by atoms with Crippen LogP contribution in [0, 0.1) is 0 Å². The summed E-state index contributed by atoms with van der Waals surface area (Å²) in [6, 6.07) is 1.45. The minimum Gasteiger partial charge on any atom is -0.334 e. The van der Waals surface area contributed by atoms with Crippen molar-refractivity contribution in [2.75, 3.05) is 18.1 Å². The van der Waals surface area contributed by atoms with Crippen molar-refractivity contribution in [1.29, 1.82) is 0 Å². The minimum atomic E-state index is -2.98. The molecule has 7 heteroatoms. The highest BCUT2D eigenvalue weighted by Gasteiger charge is 2.29. The van der Waals surface area contributed by atoms with Crippen molar-refractivity contribution in [2.45, 2.75) is 19.0 Å². The number of urea groups is 1. The predicted octanol–water partition coefficient (Wildman–Crippen LogP) is 1.63. The number of sulfone groups is 1. The summed E-state index contributed by atoms with van der Waals surface area (Å²) in [6.45, 7) is 4.58. The lowest BCUT2D eigenvalue weighted by molar-refractivity contribution is 0.198. The third kappa shape index (κ3) is 4.08. The van der Waals surface area contributed by atoms with Crippen molar-refractivity contribution in [3.05, 3.63) is 35.0 Å². The van der Waals surface area contributed by atoms with Gasteiger partial charge in [0.1, 0.15) is 0 Å². The van der Waals surface area contributed by atoms with Crippen LogP contribution in [0.5, 0.6) is 0 Å². The van der Waals surface area contributed by atoms with Gasteiger partial charge in [0.25, 0.3) is 0 Å². The Bertz CT molecular complexity index is 566. The van der Waals surface area contributed by atoms with Crippen LogP contribution in [-0.4, -0.2) is 43.4 Å². The van der Waals surface area contributed by atoms with Crippen molar-refractivity contribution in [3.8, 4) is 0 Å². The molecule has 1 aliphatic rings. The molecule has 0 spiro atoms. The van der Waals surface area contributed by atoms with Crippen LogP contribution in [-0.2, 0) is 16.4 Å². The van der Waals surface area contributed by atoms with Crippen molar-refractivity contribution in [2.24, 2.45) is 0 Å². The number of hydrogen-bond donors (Lipinski definition) is 1. The lowest BCUT2D eigenvalue weighted by Crippen LogP contribution is -2.45. The second-order valence-electron chi connectivity index (χ2n) is 4.85. The van der Waals surface area contributed by atoms with Gasteiger partial charge in [0, 0.05) is 19.1 Å². The van der Waals surface area contributed by atoms with Crippen LogP contribution in [0.3, 0.4) is 0 Å². The molecule has 20 heavy (non-hydrogen) atoms. The van der Waals surface area contributed by atoms with E-state index in [2.05, 4.69) is 11.9 Å². The Morgan fingerprint density at radius 3 is 2.95 bits per heavy atom. The summed E-state index contributed by atoms with van der Waals surface area (Å²) in [7, 11) is -2.98. The molecule has 1 aliphatic heterocycles. The third-order valence-corrected chi connectivity index (χ3v) is 5.65. The van der Waals surface area contributed by atoms with Gasteiger partial charge in [0.05, 0.1) is 11.5 Å². The van der Waals surface area contributed by atoms with Crippen LogP contribution < -0.4 is 5.32 Å². The zero-order valence-electron chi connectivity index (χ0n) is 11.1. The van der Waals surface area contributed by atoms with Crippen LogP contribution in [0.1, 0.15) is 12.0 Å². The fourth-order valence-electron chi connectivity index (χ4n) is 2.15. The maximum absolute atomic E-state index is 12.2. The molecular formula is C13H18N2O3S2. The number of rotatable bonds is 5. The topological polar surface area (TPSA) is 66.5 Å². The second kappa shape index (κ2) is 6.41. The lowest BCUT2D eigenvalue weighted by atomic mass is 10.2. The molecular weight excluding hydrogens is 296 g/mol. The number of carbonyl (C=O) groups is 1. The van der Waals surface area contributed by atoms with Gasteiger partial charge in [-0.3, -0.25) is 0 Å². The van der Waals surface area contributed by atoms with Crippen molar-refractivity contribution >= 4 is 27.2 Å². The zero-order chi connectivity index (χ0) is 14.6.